The number of amides is 2. The lowest BCUT2D eigenvalue weighted by molar-refractivity contribution is -0.147. The van der Waals surface area contributed by atoms with Crippen LogP contribution < -0.4 is 15.6 Å². The van der Waals surface area contributed by atoms with E-state index in [1.807, 2.05) is 19.2 Å². The Labute approximate surface area is 370 Å². The molecule has 4 aromatic rings. The van der Waals surface area contributed by atoms with Gasteiger partial charge in [0.15, 0.2) is 0 Å². The summed E-state index contributed by atoms with van der Waals surface area (Å²) in [6, 6.07) is 7.21. The molecule has 0 radical (unpaired) electrons. The Morgan fingerprint density at radius 3 is 2.40 bits per heavy atom. The maximum atomic E-state index is 14.0. The molecule has 2 aliphatic heterocycles. The third kappa shape index (κ3) is 10.6. The first-order chi connectivity index (χ1) is 30.0. The maximum Gasteiger partial charge on any atom is 0.408 e. The van der Waals surface area contributed by atoms with Gasteiger partial charge in [-0.2, -0.15) is 0 Å². The minimum absolute atomic E-state index is 0.00945. The Morgan fingerprint density at radius 2 is 1.75 bits per heavy atom. The van der Waals surface area contributed by atoms with E-state index in [1.54, 1.807) is 40.3 Å². The molecule has 63 heavy (non-hydrogen) atoms. The fourth-order valence-corrected chi connectivity index (χ4v) is 8.79. The van der Waals surface area contributed by atoms with E-state index >= 15 is 0 Å². The SMILES string of the molecule is CCn1c(-c2cc(N3CCN(C4CC4)CC3)cnc2[C@H](C)OC)c(CC(C)(C)CO)c2cc(-c3cncc(C[C@H](NC(=O)OC(C)(C)C)C(=O)N4CCC[C@@H](C(=O)O)N4)n3)ccc21. The first-order valence-electron chi connectivity index (χ1n) is 22.4. The summed E-state index contributed by atoms with van der Waals surface area (Å²) in [7, 11) is 1.71. The number of rotatable bonds is 15. The summed E-state index contributed by atoms with van der Waals surface area (Å²) in [6.07, 6.45) is 8.18. The average Bonchev–Trinajstić information content (AvgIpc) is 4.08. The molecule has 1 saturated carbocycles. The van der Waals surface area contributed by atoms with Crippen molar-refractivity contribution in [1.29, 1.82) is 0 Å². The van der Waals surface area contributed by atoms with Gasteiger partial charge in [-0.15, -0.1) is 0 Å². The number of fused-ring (bicyclic) bond motifs is 1. The van der Waals surface area contributed by atoms with Gasteiger partial charge in [0.25, 0.3) is 5.91 Å². The van der Waals surface area contributed by atoms with Gasteiger partial charge < -0.3 is 34.5 Å². The maximum absolute atomic E-state index is 14.0. The minimum atomic E-state index is -1.13. The van der Waals surface area contributed by atoms with Crippen LogP contribution in [0.15, 0.2) is 42.9 Å². The van der Waals surface area contributed by atoms with Crippen LogP contribution in [0.25, 0.3) is 33.4 Å². The number of aliphatic carboxylic acids is 1. The fourth-order valence-electron chi connectivity index (χ4n) is 8.79. The molecule has 2 saturated heterocycles. The first-order valence-corrected chi connectivity index (χ1v) is 22.4. The number of methoxy groups -OCH3 is 1. The van der Waals surface area contributed by atoms with E-state index in [0.29, 0.717) is 37.2 Å². The van der Waals surface area contributed by atoms with Crippen molar-refractivity contribution in [2.45, 2.75) is 123 Å². The normalized spacial score (nSPS) is 18.7. The monoisotopic (exact) mass is 868 g/mol. The molecular weight excluding hydrogens is 803 g/mol. The number of nitrogens with one attached hydrogen (secondary N) is 2. The van der Waals surface area contributed by atoms with Crippen molar-refractivity contribution in [3.63, 3.8) is 0 Å². The van der Waals surface area contributed by atoms with Gasteiger partial charge in [0.05, 0.1) is 47.0 Å². The molecule has 1 aliphatic carbocycles. The van der Waals surface area contributed by atoms with Crippen molar-refractivity contribution in [3.8, 4) is 22.5 Å². The summed E-state index contributed by atoms with van der Waals surface area (Å²) < 4.78 is 13.8. The number of hydrogen-bond donors (Lipinski definition) is 4. The van der Waals surface area contributed by atoms with Gasteiger partial charge in [-0.3, -0.25) is 29.5 Å². The van der Waals surface area contributed by atoms with E-state index in [-0.39, 0.29) is 25.7 Å². The zero-order valence-corrected chi connectivity index (χ0v) is 38.1. The van der Waals surface area contributed by atoms with Gasteiger partial charge in [-0.1, -0.05) is 19.9 Å². The van der Waals surface area contributed by atoms with Crippen LogP contribution in [0, 0.1) is 5.41 Å². The predicted molar refractivity (Wildman–Crippen MR) is 241 cm³/mol. The molecule has 16 heteroatoms. The Morgan fingerprint density at radius 1 is 1.00 bits per heavy atom. The molecule has 3 aromatic heterocycles. The summed E-state index contributed by atoms with van der Waals surface area (Å²) >= 11 is 0. The van der Waals surface area contributed by atoms with Crippen LogP contribution >= 0.6 is 0 Å². The Bertz CT molecular complexity index is 2290. The van der Waals surface area contributed by atoms with Crippen molar-refractivity contribution >= 4 is 34.6 Å². The van der Waals surface area contributed by atoms with Crippen molar-refractivity contribution in [2.24, 2.45) is 5.41 Å². The van der Waals surface area contributed by atoms with Crippen molar-refractivity contribution in [3.05, 3.63) is 59.8 Å². The van der Waals surface area contributed by atoms with Crippen LogP contribution in [0.1, 0.15) is 97.2 Å². The van der Waals surface area contributed by atoms with Gasteiger partial charge in [-0.05, 0) is 95.9 Å². The van der Waals surface area contributed by atoms with Crippen LogP contribution in [0.2, 0.25) is 0 Å². The number of ether oxygens (including phenoxy) is 2. The van der Waals surface area contributed by atoms with Gasteiger partial charge in [0, 0.05) is 93.7 Å². The summed E-state index contributed by atoms with van der Waals surface area (Å²) in [6.45, 7) is 18.4. The van der Waals surface area contributed by atoms with Gasteiger partial charge in [0.2, 0.25) is 0 Å². The molecular formula is C47H65N9O7. The number of pyridine rings is 1. The molecule has 3 fully saturated rings. The highest BCUT2D eigenvalue weighted by Gasteiger charge is 2.35. The average molecular weight is 868 g/mol. The fraction of sp³-hybridized carbons (Fsp3) is 0.574. The van der Waals surface area contributed by atoms with Crippen LogP contribution in [-0.2, 0) is 38.4 Å². The lowest BCUT2D eigenvalue weighted by Gasteiger charge is -2.36. The van der Waals surface area contributed by atoms with Crippen LogP contribution in [0.3, 0.4) is 0 Å². The van der Waals surface area contributed by atoms with E-state index in [2.05, 4.69) is 69.1 Å². The second-order valence-electron chi connectivity index (χ2n) is 19.0. The second kappa shape index (κ2) is 18.9. The number of hydrogen-bond acceptors (Lipinski definition) is 12. The number of aryl methyl sites for hydroxylation is 1. The quantitative estimate of drug-likeness (QED) is 0.113. The van der Waals surface area contributed by atoms with Crippen molar-refractivity contribution in [2.75, 3.05) is 51.3 Å². The number of aromatic nitrogens is 4. The summed E-state index contributed by atoms with van der Waals surface area (Å²) in [5.41, 5.74) is 9.44. The number of benzene rings is 1. The van der Waals surface area contributed by atoms with Crippen molar-refractivity contribution in [1.82, 2.24) is 40.2 Å². The number of carbonyl (C=O) groups excluding carboxylic acids is 2. The van der Waals surface area contributed by atoms with Crippen LogP contribution in [0.4, 0.5) is 10.5 Å². The molecule has 4 N–H and O–H groups in total. The number of alkyl carbamates (subject to hydrolysis) is 1. The predicted octanol–water partition coefficient (Wildman–Crippen LogP) is 5.75. The van der Waals surface area contributed by atoms with E-state index in [4.69, 9.17) is 19.4 Å². The first kappa shape index (κ1) is 45.9. The Balaban J connectivity index is 1.28. The highest BCUT2D eigenvalue weighted by atomic mass is 16.6. The number of aliphatic hydroxyl groups is 1. The van der Waals surface area contributed by atoms with E-state index < -0.39 is 41.1 Å². The second-order valence-corrected chi connectivity index (χ2v) is 19.0. The molecule has 2 amide bonds. The number of carbonyl (C=O) groups is 3. The molecule has 1 aromatic carbocycles. The van der Waals surface area contributed by atoms with Crippen LogP contribution in [-0.4, -0.2) is 128 Å². The third-order valence-corrected chi connectivity index (χ3v) is 12.3. The lowest BCUT2D eigenvalue weighted by Crippen LogP contribution is -2.60. The van der Waals surface area contributed by atoms with Gasteiger partial charge in [0.1, 0.15) is 17.7 Å². The minimum Gasteiger partial charge on any atom is -0.480 e. The third-order valence-electron chi connectivity index (χ3n) is 12.3. The Hall–Kier alpha value is -5.16. The summed E-state index contributed by atoms with van der Waals surface area (Å²) in [4.78, 5) is 58.5. The molecule has 0 spiro atoms. The Kier molecular flexibility index (Phi) is 13.8. The van der Waals surface area contributed by atoms with Gasteiger partial charge >= 0.3 is 12.1 Å². The number of aliphatic hydroxyl groups excluding tert-OH is 1. The highest BCUT2D eigenvalue weighted by Crippen LogP contribution is 2.43. The smallest absolute Gasteiger partial charge is 0.408 e. The molecule has 3 atom stereocenters. The largest absolute Gasteiger partial charge is 0.480 e. The number of carboxylic acids is 1. The van der Waals surface area contributed by atoms with Crippen molar-refractivity contribution < 1.29 is 34.1 Å². The number of piperazine rings is 1. The lowest BCUT2D eigenvalue weighted by atomic mass is 9.84. The van der Waals surface area contributed by atoms with Crippen LogP contribution in [0.5, 0.6) is 0 Å². The summed E-state index contributed by atoms with van der Waals surface area (Å²) in [5.74, 6) is -1.57. The van der Waals surface area contributed by atoms with E-state index in [9.17, 15) is 24.6 Å². The number of hydrazine groups is 1. The highest BCUT2D eigenvalue weighted by molar-refractivity contribution is 5.95. The molecule has 340 valence electrons. The molecule has 16 nitrogen and oxygen atoms in total. The number of carboxylic acid groups (broad SMARTS) is 1. The number of anilines is 1. The molecule has 5 heterocycles. The standard InChI is InChI=1S/C47H65N9O7/c1-9-55-40-15-12-30(39-27-48-25-31(50-39)22-38(51-45(61)63-46(3,4)5)43(58)56-16-10-11-37(52-56)44(59)60)21-34(40)36(24-47(6,7)28-57)42(55)35-23-33(26-49-41(35)29(2)62-8)54-19-17-53(18-20-54)32-13-14-32/h12,15,21,23,25-27,29,32,37-38,52,57H,9-11,13-14,16-20,22,24,28H2,1-8H3,(H,51,61)(H,59,60)/t29-,37-,38-/m0/s1. The van der Waals surface area contributed by atoms with Gasteiger partial charge in [-0.25, -0.2) is 15.2 Å². The topological polar surface area (TPSA) is 188 Å². The summed E-state index contributed by atoms with van der Waals surface area (Å²) in [5, 5.41) is 25.3. The molecule has 3 aliphatic rings. The number of nitrogens with zero attached hydrogens (tertiary/aromatic N) is 7. The zero-order chi connectivity index (χ0) is 45.2. The zero-order valence-electron chi connectivity index (χ0n) is 38.1. The van der Waals surface area contributed by atoms with E-state index in [1.165, 1.54) is 17.9 Å². The molecule has 7 rings (SSSR count). The molecule has 0 bridgehead atoms. The van der Waals surface area contributed by atoms with E-state index in [0.717, 1.165) is 76.9 Å². The molecule has 0 unspecified atom stereocenters.